The SMILES string of the molecule is CCNC(=O)Nc1c(C#N)c(C)nn1-c1nc(C)cc(C)n1. The van der Waals surface area contributed by atoms with Gasteiger partial charge in [-0.3, -0.25) is 5.32 Å². The normalized spacial score (nSPS) is 10.1. The minimum absolute atomic E-state index is 0.260. The van der Waals surface area contributed by atoms with Crippen LogP contribution in [0, 0.1) is 32.1 Å². The van der Waals surface area contributed by atoms with Crippen LogP contribution in [0.1, 0.15) is 29.6 Å². The molecule has 8 heteroatoms. The Morgan fingerprint density at radius 3 is 2.50 bits per heavy atom. The predicted octanol–water partition coefficient (Wildman–Crippen LogP) is 1.60. The number of hydrogen-bond donors (Lipinski definition) is 2. The van der Waals surface area contributed by atoms with Crippen LogP contribution in [0.25, 0.3) is 5.95 Å². The Morgan fingerprint density at radius 1 is 1.32 bits per heavy atom. The van der Waals surface area contributed by atoms with Crippen LogP contribution in [0.4, 0.5) is 10.6 Å². The summed E-state index contributed by atoms with van der Waals surface area (Å²) in [6, 6.07) is 3.47. The van der Waals surface area contributed by atoms with Gasteiger partial charge in [-0.1, -0.05) is 0 Å². The number of hydrogen-bond acceptors (Lipinski definition) is 5. The number of nitrogens with zero attached hydrogens (tertiary/aromatic N) is 5. The monoisotopic (exact) mass is 299 g/mol. The summed E-state index contributed by atoms with van der Waals surface area (Å²) < 4.78 is 1.38. The summed E-state index contributed by atoms with van der Waals surface area (Å²) in [6.45, 7) is 7.66. The molecule has 2 amide bonds. The molecule has 0 saturated heterocycles. The topological polar surface area (TPSA) is 109 Å². The van der Waals surface area contributed by atoms with Gasteiger partial charge in [-0.05, 0) is 33.8 Å². The third kappa shape index (κ3) is 3.03. The second-order valence-corrected chi connectivity index (χ2v) is 4.77. The van der Waals surface area contributed by atoms with E-state index >= 15 is 0 Å². The van der Waals surface area contributed by atoms with E-state index in [2.05, 4.69) is 25.7 Å². The molecule has 0 spiro atoms. The van der Waals surface area contributed by atoms with Gasteiger partial charge >= 0.3 is 6.03 Å². The van der Waals surface area contributed by atoms with Crippen LogP contribution in [0.2, 0.25) is 0 Å². The molecular formula is C14H17N7O. The third-order valence-corrected chi connectivity index (χ3v) is 2.90. The molecule has 2 rings (SSSR count). The lowest BCUT2D eigenvalue weighted by molar-refractivity contribution is 0.252. The van der Waals surface area contributed by atoms with Gasteiger partial charge < -0.3 is 5.32 Å². The molecule has 0 aliphatic rings. The lowest BCUT2D eigenvalue weighted by Crippen LogP contribution is -2.29. The molecule has 2 aromatic heterocycles. The number of anilines is 1. The smallest absolute Gasteiger partial charge is 0.320 e. The zero-order valence-corrected chi connectivity index (χ0v) is 12.9. The highest BCUT2D eigenvalue weighted by atomic mass is 16.2. The van der Waals surface area contributed by atoms with E-state index in [1.807, 2.05) is 26.0 Å². The third-order valence-electron chi connectivity index (χ3n) is 2.90. The lowest BCUT2D eigenvalue weighted by Gasteiger charge is -2.09. The minimum atomic E-state index is -0.412. The summed E-state index contributed by atoms with van der Waals surface area (Å²) in [5.74, 6) is 0.574. The van der Waals surface area contributed by atoms with Crippen molar-refractivity contribution in [1.29, 1.82) is 5.26 Å². The van der Waals surface area contributed by atoms with Gasteiger partial charge in [-0.25, -0.2) is 14.8 Å². The summed E-state index contributed by atoms with van der Waals surface area (Å²) in [4.78, 5) is 20.4. The van der Waals surface area contributed by atoms with Crippen molar-refractivity contribution in [3.63, 3.8) is 0 Å². The van der Waals surface area contributed by atoms with E-state index in [4.69, 9.17) is 0 Å². The van der Waals surface area contributed by atoms with Crippen LogP contribution < -0.4 is 10.6 Å². The van der Waals surface area contributed by atoms with Crippen LogP contribution in [-0.4, -0.2) is 32.3 Å². The minimum Gasteiger partial charge on any atom is -0.338 e. The van der Waals surface area contributed by atoms with Crippen LogP contribution >= 0.6 is 0 Å². The Kier molecular flexibility index (Phi) is 4.36. The van der Waals surface area contributed by atoms with Crippen molar-refractivity contribution in [2.45, 2.75) is 27.7 Å². The maximum absolute atomic E-state index is 11.8. The fraction of sp³-hybridized carbons (Fsp3) is 0.357. The number of aromatic nitrogens is 4. The van der Waals surface area contributed by atoms with E-state index in [0.29, 0.717) is 18.2 Å². The molecule has 0 saturated carbocycles. The van der Waals surface area contributed by atoms with Gasteiger partial charge in [-0.15, -0.1) is 0 Å². The number of nitrogens with one attached hydrogen (secondary N) is 2. The molecule has 114 valence electrons. The molecule has 2 N–H and O–H groups in total. The quantitative estimate of drug-likeness (QED) is 0.894. The van der Waals surface area contributed by atoms with E-state index in [-0.39, 0.29) is 11.4 Å². The maximum atomic E-state index is 11.8. The summed E-state index contributed by atoms with van der Waals surface area (Å²) in [5.41, 5.74) is 2.34. The molecule has 0 aromatic carbocycles. The van der Waals surface area contributed by atoms with Gasteiger partial charge in [0.2, 0.25) is 0 Å². The Morgan fingerprint density at radius 2 is 1.95 bits per heavy atom. The van der Waals surface area contributed by atoms with Crippen molar-refractivity contribution < 1.29 is 4.79 Å². The lowest BCUT2D eigenvalue weighted by atomic mass is 10.2. The van der Waals surface area contributed by atoms with E-state index in [9.17, 15) is 10.1 Å². The average molecular weight is 299 g/mol. The fourth-order valence-electron chi connectivity index (χ4n) is 2.04. The average Bonchev–Trinajstić information content (AvgIpc) is 2.74. The van der Waals surface area contributed by atoms with Crippen LogP contribution in [0.15, 0.2) is 6.07 Å². The van der Waals surface area contributed by atoms with E-state index in [1.165, 1.54) is 4.68 Å². The summed E-state index contributed by atoms with van der Waals surface area (Å²) >= 11 is 0. The number of amides is 2. The van der Waals surface area contributed by atoms with Crippen molar-refractivity contribution >= 4 is 11.8 Å². The van der Waals surface area contributed by atoms with Gasteiger partial charge in [0.15, 0.2) is 5.82 Å². The molecule has 2 aromatic rings. The van der Waals surface area contributed by atoms with Gasteiger partial charge in [-0.2, -0.15) is 15.0 Å². The molecule has 0 bridgehead atoms. The Labute approximate surface area is 128 Å². The summed E-state index contributed by atoms with van der Waals surface area (Å²) in [6.07, 6.45) is 0. The molecule has 2 heterocycles. The first-order chi connectivity index (χ1) is 10.5. The van der Waals surface area contributed by atoms with Gasteiger partial charge in [0, 0.05) is 17.9 Å². The van der Waals surface area contributed by atoms with Gasteiger partial charge in [0.1, 0.15) is 11.6 Å². The number of carbonyl (C=O) groups is 1. The first-order valence-electron chi connectivity index (χ1n) is 6.83. The zero-order chi connectivity index (χ0) is 16.3. The zero-order valence-electron chi connectivity index (χ0n) is 12.9. The largest absolute Gasteiger partial charge is 0.338 e. The molecule has 22 heavy (non-hydrogen) atoms. The predicted molar refractivity (Wildman–Crippen MR) is 80.8 cm³/mol. The van der Waals surface area contributed by atoms with Gasteiger partial charge in [0.25, 0.3) is 5.95 Å². The number of nitriles is 1. The molecule has 0 radical (unpaired) electrons. The first kappa shape index (κ1) is 15.4. The number of carbonyl (C=O) groups excluding carboxylic acids is 1. The van der Waals surface area contributed by atoms with E-state index < -0.39 is 6.03 Å². The Balaban J connectivity index is 2.56. The van der Waals surface area contributed by atoms with Crippen molar-refractivity contribution in [1.82, 2.24) is 25.1 Å². The number of rotatable bonds is 3. The summed E-state index contributed by atoms with van der Waals surface area (Å²) in [5, 5.41) is 18.8. The van der Waals surface area contributed by atoms with Gasteiger partial charge in [0.05, 0.1) is 5.69 Å². The second-order valence-electron chi connectivity index (χ2n) is 4.77. The first-order valence-corrected chi connectivity index (χ1v) is 6.83. The van der Waals surface area contributed by atoms with Crippen LogP contribution in [-0.2, 0) is 0 Å². The molecule has 0 fully saturated rings. The highest BCUT2D eigenvalue weighted by Crippen LogP contribution is 2.21. The molecule has 0 aliphatic carbocycles. The molecule has 0 atom stereocenters. The van der Waals surface area contributed by atoms with Crippen molar-refractivity contribution in [3.8, 4) is 12.0 Å². The Hall–Kier alpha value is -2.95. The number of urea groups is 1. The van der Waals surface area contributed by atoms with Crippen molar-refractivity contribution in [2.24, 2.45) is 0 Å². The number of aryl methyl sites for hydroxylation is 3. The molecule has 0 unspecified atom stereocenters. The van der Waals surface area contributed by atoms with Crippen molar-refractivity contribution in [2.75, 3.05) is 11.9 Å². The van der Waals surface area contributed by atoms with Crippen LogP contribution in [0.3, 0.4) is 0 Å². The Bertz CT molecular complexity index is 737. The molecule has 0 aliphatic heterocycles. The molecule has 8 nitrogen and oxygen atoms in total. The van der Waals surface area contributed by atoms with E-state index in [0.717, 1.165) is 11.4 Å². The fourth-order valence-corrected chi connectivity index (χ4v) is 2.04. The highest BCUT2D eigenvalue weighted by molar-refractivity contribution is 5.90. The second kappa shape index (κ2) is 6.22. The van der Waals surface area contributed by atoms with E-state index in [1.54, 1.807) is 13.8 Å². The summed E-state index contributed by atoms with van der Waals surface area (Å²) in [7, 11) is 0. The van der Waals surface area contributed by atoms with Crippen molar-refractivity contribution in [3.05, 3.63) is 28.7 Å². The van der Waals surface area contributed by atoms with Crippen LogP contribution in [0.5, 0.6) is 0 Å². The highest BCUT2D eigenvalue weighted by Gasteiger charge is 2.20. The standard InChI is InChI=1S/C14H17N7O/c1-5-16-14(22)19-12-11(7-15)10(4)20-21(12)13-17-8(2)6-9(3)18-13/h6H,5H2,1-4H3,(H2,16,19,22). The maximum Gasteiger partial charge on any atom is 0.320 e. The molecular weight excluding hydrogens is 282 g/mol.